The lowest BCUT2D eigenvalue weighted by molar-refractivity contribution is 0.101. The topological polar surface area (TPSA) is 66.5 Å². The fourth-order valence-electron chi connectivity index (χ4n) is 3.66. The van der Waals surface area contributed by atoms with E-state index in [0.29, 0.717) is 24.9 Å². The quantitative estimate of drug-likeness (QED) is 0.744. The van der Waals surface area contributed by atoms with Crippen molar-refractivity contribution in [1.29, 1.82) is 0 Å². The monoisotopic (exact) mass is 404 g/mol. The molecule has 0 aromatic heterocycles. The molecule has 0 radical (unpaired) electrons. The first-order valence-electron chi connectivity index (χ1n) is 9.39. The number of hydrogen-bond acceptors (Lipinski definition) is 4. The number of para-hydroxylation sites is 1. The number of sulfonamides is 1. The van der Waals surface area contributed by atoms with Crippen molar-refractivity contribution in [2.24, 2.45) is 11.8 Å². The number of Topliss-reactive ketones (excluding diaryl/α,β-unsaturated/α-hetero) is 1. The van der Waals surface area contributed by atoms with Gasteiger partial charge in [-0.25, -0.2) is 12.8 Å². The second kappa shape index (κ2) is 8.41. The molecule has 1 aliphatic heterocycles. The molecule has 0 aliphatic carbocycles. The van der Waals surface area contributed by atoms with Crippen molar-refractivity contribution in [2.75, 3.05) is 25.0 Å². The number of nitrogens with zero attached hydrogens (tertiary/aromatic N) is 1. The van der Waals surface area contributed by atoms with Gasteiger partial charge in [0.25, 0.3) is 0 Å². The predicted octanol–water partition coefficient (Wildman–Crippen LogP) is 3.79. The van der Waals surface area contributed by atoms with Gasteiger partial charge in [0.05, 0.1) is 17.1 Å². The number of rotatable bonds is 6. The summed E-state index contributed by atoms with van der Waals surface area (Å²) in [4.78, 5) is 12.6. The highest BCUT2D eigenvalue weighted by Gasteiger charge is 2.31. The number of benzene rings is 2. The molecule has 7 heteroatoms. The fraction of sp³-hybridized carbons (Fsp3) is 0.381. The van der Waals surface area contributed by atoms with E-state index in [2.05, 4.69) is 5.32 Å². The van der Waals surface area contributed by atoms with Gasteiger partial charge in [0.1, 0.15) is 5.82 Å². The van der Waals surface area contributed by atoms with E-state index in [4.69, 9.17) is 0 Å². The normalized spacial score (nSPS) is 20.7. The van der Waals surface area contributed by atoms with Gasteiger partial charge in [-0.2, -0.15) is 4.31 Å². The molecular weight excluding hydrogens is 379 g/mol. The first-order valence-corrected chi connectivity index (χ1v) is 10.8. The minimum Gasteiger partial charge on any atom is -0.375 e. The Bertz CT molecular complexity index is 952. The Kier molecular flexibility index (Phi) is 6.15. The maximum absolute atomic E-state index is 13.7. The molecule has 2 atom stereocenters. The highest BCUT2D eigenvalue weighted by molar-refractivity contribution is 7.89. The Hall–Kier alpha value is -2.25. The first kappa shape index (κ1) is 20.5. The fourth-order valence-corrected chi connectivity index (χ4v) is 5.39. The molecule has 3 rings (SSSR count). The molecule has 1 heterocycles. The number of hydrogen-bond donors (Lipinski definition) is 1. The third-order valence-electron chi connectivity index (χ3n) is 4.94. The van der Waals surface area contributed by atoms with Crippen molar-refractivity contribution in [3.05, 3.63) is 59.9 Å². The average molecular weight is 405 g/mol. The molecule has 28 heavy (non-hydrogen) atoms. The summed E-state index contributed by atoms with van der Waals surface area (Å²) in [6, 6.07) is 12.2. The molecule has 1 N–H and O–H groups in total. The summed E-state index contributed by atoms with van der Waals surface area (Å²) >= 11 is 0. The van der Waals surface area contributed by atoms with Crippen LogP contribution in [0.4, 0.5) is 10.1 Å². The van der Waals surface area contributed by atoms with E-state index < -0.39 is 15.8 Å². The highest BCUT2D eigenvalue weighted by atomic mass is 32.2. The standard InChI is InChI=1S/C21H25FN2O3S/c1-15-10-16(2)14-24(13-15)28(26,27)18-7-5-6-17(11-18)21(25)12-23-20-9-4-3-8-19(20)22/h3-9,11,15-16,23H,10,12-14H2,1-2H3. The summed E-state index contributed by atoms with van der Waals surface area (Å²) in [5, 5.41) is 2.76. The van der Waals surface area contributed by atoms with Gasteiger partial charge in [-0.15, -0.1) is 0 Å². The summed E-state index contributed by atoms with van der Waals surface area (Å²) in [7, 11) is -3.66. The number of halogens is 1. The molecule has 1 fully saturated rings. The van der Waals surface area contributed by atoms with Crippen LogP contribution in [-0.4, -0.2) is 38.1 Å². The van der Waals surface area contributed by atoms with Crippen LogP contribution < -0.4 is 5.32 Å². The number of nitrogens with one attached hydrogen (secondary N) is 1. The van der Waals surface area contributed by atoms with Gasteiger partial charge >= 0.3 is 0 Å². The van der Waals surface area contributed by atoms with Crippen molar-refractivity contribution in [2.45, 2.75) is 25.2 Å². The Morgan fingerprint density at radius 1 is 1.11 bits per heavy atom. The second-order valence-electron chi connectivity index (χ2n) is 7.55. The molecule has 0 amide bonds. The van der Waals surface area contributed by atoms with Gasteiger partial charge in [-0.1, -0.05) is 38.1 Å². The molecular formula is C21H25FN2O3S. The van der Waals surface area contributed by atoms with E-state index in [1.54, 1.807) is 30.3 Å². The van der Waals surface area contributed by atoms with Crippen LogP contribution in [0, 0.1) is 17.7 Å². The van der Waals surface area contributed by atoms with Crippen LogP contribution in [0.2, 0.25) is 0 Å². The molecule has 150 valence electrons. The molecule has 5 nitrogen and oxygen atoms in total. The molecule has 2 unspecified atom stereocenters. The Balaban J connectivity index is 1.76. The summed E-state index contributed by atoms with van der Waals surface area (Å²) < 4.78 is 41.2. The number of piperidine rings is 1. The number of carbonyl (C=O) groups is 1. The molecule has 0 saturated carbocycles. The van der Waals surface area contributed by atoms with E-state index in [-0.39, 0.29) is 28.5 Å². The molecule has 1 aliphatic rings. The smallest absolute Gasteiger partial charge is 0.243 e. The SMILES string of the molecule is CC1CC(C)CN(S(=O)(=O)c2cccc(C(=O)CNc3ccccc3F)c2)C1. The maximum Gasteiger partial charge on any atom is 0.243 e. The van der Waals surface area contributed by atoms with Crippen LogP contribution in [0.5, 0.6) is 0 Å². The van der Waals surface area contributed by atoms with Crippen molar-refractivity contribution < 1.29 is 17.6 Å². The lowest BCUT2D eigenvalue weighted by atomic mass is 9.94. The van der Waals surface area contributed by atoms with Gasteiger partial charge in [-0.05, 0) is 42.5 Å². The van der Waals surface area contributed by atoms with E-state index in [1.807, 2.05) is 13.8 Å². The third-order valence-corrected chi connectivity index (χ3v) is 6.77. The maximum atomic E-state index is 13.7. The second-order valence-corrected chi connectivity index (χ2v) is 9.49. The zero-order chi connectivity index (χ0) is 20.3. The van der Waals surface area contributed by atoms with Gasteiger partial charge in [0, 0.05) is 18.7 Å². The van der Waals surface area contributed by atoms with Crippen LogP contribution in [0.3, 0.4) is 0 Å². The van der Waals surface area contributed by atoms with Gasteiger partial charge < -0.3 is 5.32 Å². The Morgan fingerprint density at radius 3 is 2.46 bits per heavy atom. The lowest BCUT2D eigenvalue weighted by Gasteiger charge is -2.34. The number of ketones is 1. The van der Waals surface area contributed by atoms with Crippen LogP contribution in [0.25, 0.3) is 0 Å². The van der Waals surface area contributed by atoms with Crippen LogP contribution in [-0.2, 0) is 10.0 Å². The third kappa shape index (κ3) is 4.59. The minimum atomic E-state index is -3.66. The molecule has 1 saturated heterocycles. The largest absolute Gasteiger partial charge is 0.375 e. The van der Waals surface area contributed by atoms with Crippen molar-refractivity contribution in [1.82, 2.24) is 4.31 Å². The highest BCUT2D eigenvalue weighted by Crippen LogP contribution is 2.27. The van der Waals surface area contributed by atoms with Crippen molar-refractivity contribution in [3.8, 4) is 0 Å². The van der Waals surface area contributed by atoms with Crippen LogP contribution in [0.15, 0.2) is 53.4 Å². The zero-order valence-electron chi connectivity index (χ0n) is 16.1. The molecule has 0 bridgehead atoms. The van der Waals surface area contributed by atoms with Gasteiger partial charge in [0.15, 0.2) is 5.78 Å². The van der Waals surface area contributed by atoms with Gasteiger partial charge in [0.2, 0.25) is 10.0 Å². The minimum absolute atomic E-state index is 0.116. The van der Waals surface area contributed by atoms with E-state index >= 15 is 0 Å². The predicted molar refractivity (Wildman–Crippen MR) is 107 cm³/mol. The summed E-state index contributed by atoms with van der Waals surface area (Å²) in [6.07, 6.45) is 1.01. The number of carbonyl (C=O) groups excluding carboxylic acids is 1. The summed E-state index contributed by atoms with van der Waals surface area (Å²) in [6.45, 7) is 4.95. The average Bonchev–Trinajstić information content (AvgIpc) is 2.66. The van der Waals surface area contributed by atoms with Crippen molar-refractivity contribution >= 4 is 21.5 Å². The van der Waals surface area contributed by atoms with Crippen LogP contribution >= 0.6 is 0 Å². The zero-order valence-corrected chi connectivity index (χ0v) is 16.9. The summed E-state index contributed by atoms with van der Waals surface area (Å²) in [5.41, 5.74) is 0.513. The Morgan fingerprint density at radius 2 is 1.79 bits per heavy atom. The van der Waals surface area contributed by atoms with Crippen LogP contribution in [0.1, 0.15) is 30.6 Å². The molecule has 2 aromatic carbocycles. The summed E-state index contributed by atoms with van der Waals surface area (Å²) in [5.74, 6) is -0.151. The molecule has 0 spiro atoms. The van der Waals surface area contributed by atoms with E-state index in [9.17, 15) is 17.6 Å². The van der Waals surface area contributed by atoms with E-state index in [0.717, 1.165) is 6.42 Å². The first-order chi connectivity index (χ1) is 13.3. The molecule has 2 aromatic rings. The number of anilines is 1. The Labute approximate surface area is 165 Å². The van der Waals surface area contributed by atoms with E-state index in [1.165, 1.54) is 22.5 Å². The lowest BCUT2D eigenvalue weighted by Crippen LogP contribution is -2.42. The van der Waals surface area contributed by atoms with Gasteiger partial charge in [-0.3, -0.25) is 4.79 Å². The van der Waals surface area contributed by atoms with Crippen molar-refractivity contribution in [3.63, 3.8) is 0 Å².